The summed E-state index contributed by atoms with van der Waals surface area (Å²) in [5.41, 5.74) is 4.45. The lowest BCUT2D eigenvalue weighted by atomic mass is 9.71. The largest absolute Gasteiger partial charge is 0.874 e. The van der Waals surface area contributed by atoms with Crippen molar-refractivity contribution < 1.29 is 52.4 Å². The van der Waals surface area contributed by atoms with E-state index in [4.69, 9.17) is 33.2 Å². The van der Waals surface area contributed by atoms with E-state index in [0.717, 1.165) is 35.1 Å². The highest BCUT2D eigenvalue weighted by molar-refractivity contribution is 6.29. The van der Waals surface area contributed by atoms with Crippen molar-refractivity contribution in [1.82, 2.24) is 0 Å². The van der Waals surface area contributed by atoms with Crippen LogP contribution in [-0.2, 0) is 33.3 Å². The van der Waals surface area contributed by atoms with Gasteiger partial charge in [0.15, 0.2) is 5.78 Å². The fraction of sp³-hybridized carbons (Fsp3) is 0.356. The summed E-state index contributed by atoms with van der Waals surface area (Å²) in [6.45, 7) is 12.7. The first-order valence-corrected chi connectivity index (χ1v) is 19.3. The summed E-state index contributed by atoms with van der Waals surface area (Å²) in [7, 11) is 0. The number of epoxide rings is 3. The van der Waals surface area contributed by atoms with Gasteiger partial charge in [-0.1, -0.05) is 30.9 Å². The maximum Gasteiger partial charge on any atom is 0.338 e. The molecule has 6 atom stereocenters. The number of nitrogens with zero attached hydrogens (tertiary/aromatic N) is 2. The lowest BCUT2D eigenvalue weighted by Gasteiger charge is -2.40. The van der Waals surface area contributed by atoms with E-state index >= 15 is 0 Å². The second-order valence-corrected chi connectivity index (χ2v) is 14.8. The Morgan fingerprint density at radius 1 is 0.825 bits per heavy atom. The zero-order chi connectivity index (χ0) is 39.6. The average Bonchev–Trinajstić information content (AvgIpc) is 4.06. The second-order valence-electron chi connectivity index (χ2n) is 14.8. The van der Waals surface area contributed by atoms with Crippen molar-refractivity contribution >= 4 is 40.1 Å². The molecule has 0 bridgehead atoms. The Bertz CT molecular complexity index is 2090. The van der Waals surface area contributed by atoms with Crippen LogP contribution in [0.2, 0.25) is 0 Å². The number of carbonyl (C=O) groups is 2. The van der Waals surface area contributed by atoms with Gasteiger partial charge in [0.1, 0.15) is 42.6 Å². The van der Waals surface area contributed by atoms with E-state index in [0.29, 0.717) is 49.9 Å². The highest BCUT2D eigenvalue weighted by Crippen LogP contribution is 2.42. The van der Waals surface area contributed by atoms with Gasteiger partial charge in [-0.15, -0.1) is 5.76 Å². The monoisotopic (exact) mass is 774 g/mol. The van der Waals surface area contributed by atoms with Crippen LogP contribution in [0.25, 0.3) is 5.57 Å². The third-order valence-corrected chi connectivity index (χ3v) is 10.3. The molecule has 8 rings (SSSR count). The molecule has 57 heavy (non-hydrogen) atoms. The minimum absolute atomic E-state index is 0.0804. The number of esters is 1. The van der Waals surface area contributed by atoms with Crippen LogP contribution in [0.15, 0.2) is 115 Å². The number of benzene rings is 3. The van der Waals surface area contributed by atoms with Crippen LogP contribution in [0.4, 0.5) is 17.1 Å². The molecule has 12 nitrogen and oxygen atoms in total. The highest BCUT2D eigenvalue weighted by atomic mass is 16.6. The van der Waals surface area contributed by atoms with Crippen LogP contribution in [0.1, 0.15) is 26.3 Å². The number of allylic oxidation sites excluding steroid dienone is 6. The number of Topliss-reactive ketones (excluding diaryl/α,β-unsaturated/α-hetero) is 1. The number of anilines is 2. The molecule has 3 aliphatic heterocycles. The first-order chi connectivity index (χ1) is 27.6. The summed E-state index contributed by atoms with van der Waals surface area (Å²) in [5, 5.41) is 13.7. The average molecular weight is 775 g/mol. The van der Waals surface area contributed by atoms with Gasteiger partial charge in [-0.3, -0.25) is 4.79 Å². The highest BCUT2D eigenvalue weighted by Gasteiger charge is 2.39. The predicted molar refractivity (Wildman–Crippen MR) is 210 cm³/mol. The summed E-state index contributed by atoms with van der Waals surface area (Å²) >= 11 is 0. The van der Waals surface area contributed by atoms with Crippen molar-refractivity contribution in [3.8, 4) is 11.5 Å². The summed E-state index contributed by atoms with van der Waals surface area (Å²) < 4.78 is 41.5. The number of carbonyl (C=O) groups excluding carboxylic acids is 2. The molecule has 296 valence electrons. The molecule has 12 heteroatoms. The van der Waals surface area contributed by atoms with Crippen molar-refractivity contribution in [2.45, 2.75) is 51.5 Å². The van der Waals surface area contributed by atoms with Gasteiger partial charge in [0, 0.05) is 65.6 Å². The van der Waals surface area contributed by atoms with Gasteiger partial charge in [-0.05, 0) is 67.9 Å². The molecule has 2 aliphatic carbocycles. The molecular weight excluding hydrogens is 728 g/mol. The van der Waals surface area contributed by atoms with E-state index in [1.54, 1.807) is 19.1 Å². The Balaban J connectivity index is 0.981. The molecule has 3 aromatic carbocycles. The fourth-order valence-electron chi connectivity index (χ4n) is 6.85. The first kappa shape index (κ1) is 38.5. The molecule has 0 amide bonds. The van der Waals surface area contributed by atoms with Gasteiger partial charge in [0.2, 0.25) is 11.4 Å². The Labute approximate surface area is 331 Å². The summed E-state index contributed by atoms with van der Waals surface area (Å²) in [6.07, 6.45) is 7.25. The Kier molecular flexibility index (Phi) is 11.2. The predicted octanol–water partition coefficient (Wildman–Crippen LogP) is 5.40. The molecular formula is C45H46N2O10. The summed E-state index contributed by atoms with van der Waals surface area (Å²) in [6, 6.07) is 22.4. The maximum absolute atomic E-state index is 13.7. The van der Waals surface area contributed by atoms with Gasteiger partial charge in [0.25, 0.3) is 6.23 Å². The number of rotatable bonds is 18. The smallest absolute Gasteiger partial charge is 0.338 e. The van der Waals surface area contributed by atoms with Crippen LogP contribution in [0, 0.1) is 11.8 Å². The lowest BCUT2D eigenvalue weighted by molar-refractivity contribution is -0.537. The minimum Gasteiger partial charge on any atom is -0.874 e. The standard InChI is InChI=1S/C45H46N2O10/c1-27(2)45(50)57-37-19-15-35(16-20-37)47(29(4)52-22-39-25-55-39)33-11-7-31(8-12-33)42-43(48)41(44(42)49)30-5-9-32(10-6-30)46(28(3)51-21-38-24-54-38)34-13-17-36(18-14-34)53-23-40-26-56-40/h5-20,28-29,31,38-40,42H,1,21-26H2,2-4H3. The van der Waals surface area contributed by atoms with Crippen molar-refractivity contribution in [1.29, 1.82) is 0 Å². The number of ether oxygens (including phenoxy) is 7. The van der Waals surface area contributed by atoms with Gasteiger partial charge in [-0.2, -0.15) is 4.58 Å². The molecule has 0 spiro atoms. The SMILES string of the molecule is C=C(C)C(=O)Oc1ccc([N+](=C2C=CC(C3C(=O)C(c4ccc(N(c5ccc(OCC6CO6)cc5)C(C)OCC5CO5)cc4)=C3[O-])C=C2)C(C)OCC2CO2)cc1. The molecule has 6 unspecified atom stereocenters. The molecule has 3 aromatic rings. The Morgan fingerprint density at radius 2 is 1.37 bits per heavy atom. The fourth-order valence-corrected chi connectivity index (χ4v) is 6.85. The van der Waals surface area contributed by atoms with Crippen molar-refractivity contribution in [3.63, 3.8) is 0 Å². The van der Waals surface area contributed by atoms with E-state index in [1.807, 2.05) is 103 Å². The molecule has 0 radical (unpaired) electrons. The van der Waals surface area contributed by atoms with Crippen molar-refractivity contribution in [3.05, 3.63) is 121 Å². The number of ketones is 1. The van der Waals surface area contributed by atoms with E-state index in [1.165, 1.54) is 0 Å². The van der Waals surface area contributed by atoms with E-state index in [9.17, 15) is 14.7 Å². The third-order valence-electron chi connectivity index (χ3n) is 10.3. The van der Waals surface area contributed by atoms with Crippen molar-refractivity contribution in [2.75, 3.05) is 44.5 Å². The topological polar surface area (TPSA) is 138 Å². The van der Waals surface area contributed by atoms with E-state index < -0.39 is 17.8 Å². The van der Waals surface area contributed by atoms with Crippen LogP contribution in [-0.4, -0.2) is 92.4 Å². The van der Waals surface area contributed by atoms with Gasteiger partial charge < -0.3 is 43.2 Å². The third kappa shape index (κ3) is 9.11. The van der Waals surface area contributed by atoms with Crippen LogP contribution in [0.3, 0.4) is 0 Å². The molecule has 0 aromatic heterocycles. The summed E-state index contributed by atoms with van der Waals surface area (Å²) in [5.74, 6) is -0.908. The molecule has 0 N–H and O–H groups in total. The lowest BCUT2D eigenvalue weighted by Crippen LogP contribution is -2.41. The van der Waals surface area contributed by atoms with Crippen LogP contribution in [0.5, 0.6) is 11.5 Å². The molecule has 0 saturated carbocycles. The van der Waals surface area contributed by atoms with E-state index in [2.05, 4.69) is 11.5 Å². The van der Waals surface area contributed by atoms with Gasteiger partial charge in [-0.25, -0.2) is 4.79 Å². The molecule has 3 fully saturated rings. The van der Waals surface area contributed by atoms with Crippen molar-refractivity contribution in [2.24, 2.45) is 11.8 Å². The summed E-state index contributed by atoms with van der Waals surface area (Å²) in [4.78, 5) is 27.8. The zero-order valence-corrected chi connectivity index (χ0v) is 32.2. The van der Waals surface area contributed by atoms with Crippen LogP contribution >= 0.6 is 0 Å². The minimum atomic E-state index is -0.799. The Morgan fingerprint density at radius 3 is 1.93 bits per heavy atom. The first-order valence-electron chi connectivity index (χ1n) is 19.3. The second kappa shape index (κ2) is 16.6. The van der Waals surface area contributed by atoms with Crippen LogP contribution < -0.4 is 19.5 Å². The number of hydrogen-bond acceptors (Lipinski definition) is 11. The molecule has 3 saturated heterocycles. The van der Waals surface area contributed by atoms with Gasteiger partial charge in [0.05, 0.1) is 33.0 Å². The maximum atomic E-state index is 13.7. The normalized spacial score (nSPS) is 24.0. The molecule has 5 aliphatic rings. The number of hydrogen-bond donors (Lipinski definition) is 0. The van der Waals surface area contributed by atoms with E-state index in [-0.39, 0.29) is 47.9 Å². The molecule has 3 heterocycles. The van der Waals surface area contributed by atoms with Gasteiger partial charge >= 0.3 is 5.97 Å². The quantitative estimate of drug-likeness (QED) is 0.0410. The Hall–Kier alpha value is -5.37. The zero-order valence-electron chi connectivity index (χ0n) is 32.2.